The van der Waals surface area contributed by atoms with Gasteiger partial charge in [0.25, 0.3) is 0 Å². The van der Waals surface area contributed by atoms with E-state index in [9.17, 15) is 14.4 Å². The molecule has 0 aromatic heterocycles. The molecule has 0 aliphatic heterocycles. The largest absolute Gasteiger partial charge is 0.493 e. The summed E-state index contributed by atoms with van der Waals surface area (Å²) in [5, 5.41) is 2.76. The zero-order valence-corrected chi connectivity index (χ0v) is 17.9. The summed E-state index contributed by atoms with van der Waals surface area (Å²) in [6, 6.07) is 11.6. The first-order chi connectivity index (χ1) is 14.2. The number of esters is 1. The smallest absolute Gasteiger partial charge is 0.310 e. The maximum Gasteiger partial charge on any atom is 0.310 e. The predicted molar refractivity (Wildman–Crippen MR) is 113 cm³/mol. The van der Waals surface area contributed by atoms with Gasteiger partial charge in [-0.1, -0.05) is 19.9 Å². The summed E-state index contributed by atoms with van der Waals surface area (Å²) in [5.74, 6) is -0.0213. The number of hydrogen-bond donors (Lipinski definition) is 1. The van der Waals surface area contributed by atoms with Crippen LogP contribution in [-0.4, -0.2) is 38.0 Å². The number of ketones is 1. The Morgan fingerprint density at radius 2 is 1.53 bits per heavy atom. The molecule has 0 saturated carbocycles. The number of anilines is 1. The van der Waals surface area contributed by atoms with E-state index < -0.39 is 12.1 Å². The third-order valence-electron chi connectivity index (χ3n) is 4.44. The van der Waals surface area contributed by atoms with Crippen LogP contribution < -0.4 is 14.8 Å². The standard InChI is InChI=1S/C23H27NO6/c1-14(2)23(27)24-18-9-7-17(8-10-18)22(26)15(3)30-21(25)13-16-6-11-19(28-4)20(12-16)29-5/h6-12,14-15H,13H2,1-5H3,(H,24,27). The van der Waals surface area contributed by atoms with Crippen molar-refractivity contribution in [3.63, 3.8) is 0 Å². The molecule has 0 heterocycles. The van der Waals surface area contributed by atoms with Crippen LogP contribution in [0.2, 0.25) is 0 Å². The molecule has 0 radical (unpaired) electrons. The van der Waals surface area contributed by atoms with E-state index in [0.29, 0.717) is 28.3 Å². The first kappa shape index (κ1) is 22.9. The van der Waals surface area contributed by atoms with E-state index in [4.69, 9.17) is 14.2 Å². The molecule has 2 aromatic carbocycles. The average Bonchev–Trinajstić information content (AvgIpc) is 2.73. The number of hydrogen-bond acceptors (Lipinski definition) is 6. The van der Waals surface area contributed by atoms with Gasteiger partial charge in [-0.2, -0.15) is 0 Å². The van der Waals surface area contributed by atoms with E-state index in [0.717, 1.165) is 0 Å². The highest BCUT2D eigenvalue weighted by Gasteiger charge is 2.20. The van der Waals surface area contributed by atoms with Crippen LogP contribution in [0.1, 0.15) is 36.7 Å². The van der Waals surface area contributed by atoms with E-state index in [1.54, 1.807) is 56.3 Å². The molecular weight excluding hydrogens is 386 g/mol. The topological polar surface area (TPSA) is 90.9 Å². The lowest BCUT2D eigenvalue weighted by molar-refractivity contribution is -0.145. The van der Waals surface area contributed by atoms with Crippen molar-refractivity contribution >= 4 is 23.3 Å². The fraction of sp³-hybridized carbons (Fsp3) is 0.348. The Bertz CT molecular complexity index is 904. The normalized spacial score (nSPS) is 11.5. The van der Waals surface area contributed by atoms with Gasteiger partial charge in [0.05, 0.1) is 20.6 Å². The SMILES string of the molecule is COc1ccc(CC(=O)OC(C)C(=O)c2ccc(NC(=O)C(C)C)cc2)cc1OC. The van der Waals surface area contributed by atoms with Gasteiger partial charge in [0, 0.05) is 17.2 Å². The van der Waals surface area contributed by atoms with Crippen LogP contribution in [0.5, 0.6) is 11.5 Å². The maximum atomic E-state index is 12.6. The Labute approximate surface area is 176 Å². The Kier molecular flexibility index (Phi) is 7.98. The van der Waals surface area contributed by atoms with Gasteiger partial charge in [-0.3, -0.25) is 14.4 Å². The number of rotatable bonds is 9. The molecule has 0 spiro atoms. The zero-order chi connectivity index (χ0) is 22.3. The molecule has 0 saturated heterocycles. The van der Waals surface area contributed by atoms with Crippen molar-refractivity contribution in [1.82, 2.24) is 0 Å². The van der Waals surface area contributed by atoms with Gasteiger partial charge in [0.2, 0.25) is 11.7 Å². The minimum absolute atomic E-state index is 0.00184. The van der Waals surface area contributed by atoms with Gasteiger partial charge in [-0.15, -0.1) is 0 Å². The fourth-order valence-corrected chi connectivity index (χ4v) is 2.69. The number of ether oxygens (including phenoxy) is 3. The number of carbonyl (C=O) groups is 3. The van der Waals surface area contributed by atoms with Crippen LogP contribution in [0.4, 0.5) is 5.69 Å². The third-order valence-corrected chi connectivity index (χ3v) is 4.44. The second-order valence-electron chi connectivity index (χ2n) is 7.08. The monoisotopic (exact) mass is 413 g/mol. The Morgan fingerprint density at radius 1 is 0.900 bits per heavy atom. The van der Waals surface area contributed by atoms with Crippen LogP contribution >= 0.6 is 0 Å². The van der Waals surface area contributed by atoms with Crippen molar-refractivity contribution in [2.75, 3.05) is 19.5 Å². The second kappa shape index (κ2) is 10.4. The molecule has 7 heteroatoms. The lowest BCUT2D eigenvalue weighted by Crippen LogP contribution is -2.25. The van der Waals surface area contributed by atoms with Crippen molar-refractivity contribution in [3.05, 3.63) is 53.6 Å². The highest BCUT2D eigenvalue weighted by atomic mass is 16.5. The molecule has 160 valence electrons. The number of Topliss-reactive ketones (excluding diaryl/α,β-unsaturated/α-hetero) is 1. The molecule has 2 aromatic rings. The van der Waals surface area contributed by atoms with Crippen molar-refractivity contribution in [3.8, 4) is 11.5 Å². The van der Waals surface area contributed by atoms with Crippen LogP contribution in [0.25, 0.3) is 0 Å². The molecule has 0 aliphatic carbocycles. The molecular formula is C23H27NO6. The fourth-order valence-electron chi connectivity index (χ4n) is 2.69. The predicted octanol–water partition coefficient (Wildman–Crippen LogP) is 3.66. The quantitative estimate of drug-likeness (QED) is 0.498. The Hall–Kier alpha value is -3.35. The van der Waals surface area contributed by atoms with Gasteiger partial charge < -0.3 is 19.5 Å². The van der Waals surface area contributed by atoms with Crippen LogP contribution in [0, 0.1) is 5.92 Å². The van der Waals surface area contributed by atoms with Crippen LogP contribution in [0.15, 0.2) is 42.5 Å². The van der Waals surface area contributed by atoms with Crippen molar-refractivity contribution < 1.29 is 28.6 Å². The second-order valence-corrected chi connectivity index (χ2v) is 7.08. The highest BCUT2D eigenvalue weighted by molar-refractivity contribution is 6.01. The molecule has 1 unspecified atom stereocenters. The van der Waals surface area contributed by atoms with Crippen molar-refractivity contribution in [2.24, 2.45) is 5.92 Å². The van der Waals surface area contributed by atoms with Crippen molar-refractivity contribution in [1.29, 1.82) is 0 Å². The van der Waals surface area contributed by atoms with E-state index in [1.165, 1.54) is 21.1 Å². The van der Waals surface area contributed by atoms with Gasteiger partial charge in [0.1, 0.15) is 0 Å². The average molecular weight is 413 g/mol. The van der Waals surface area contributed by atoms with E-state index in [2.05, 4.69) is 5.32 Å². The summed E-state index contributed by atoms with van der Waals surface area (Å²) in [5.41, 5.74) is 1.68. The van der Waals surface area contributed by atoms with Gasteiger partial charge in [-0.05, 0) is 48.9 Å². The molecule has 1 N–H and O–H groups in total. The summed E-state index contributed by atoms with van der Waals surface area (Å²) in [4.78, 5) is 36.6. The summed E-state index contributed by atoms with van der Waals surface area (Å²) >= 11 is 0. The Balaban J connectivity index is 1.96. The van der Waals surface area contributed by atoms with Gasteiger partial charge >= 0.3 is 5.97 Å². The molecule has 1 atom stereocenters. The van der Waals surface area contributed by atoms with E-state index in [1.807, 2.05) is 0 Å². The molecule has 0 bridgehead atoms. The van der Waals surface area contributed by atoms with E-state index >= 15 is 0 Å². The lowest BCUT2D eigenvalue weighted by Gasteiger charge is -2.14. The molecule has 0 aliphatic rings. The lowest BCUT2D eigenvalue weighted by atomic mass is 10.1. The maximum absolute atomic E-state index is 12.6. The molecule has 1 amide bonds. The minimum Gasteiger partial charge on any atom is -0.493 e. The summed E-state index contributed by atoms with van der Waals surface area (Å²) in [6.07, 6.45) is -0.938. The zero-order valence-electron chi connectivity index (χ0n) is 17.9. The molecule has 2 rings (SSSR count). The number of benzene rings is 2. The third kappa shape index (κ3) is 6.07. The summed E-state index contributed by atoms with van der Waals surface area (Å²) in [6.45, 7) is 5.12. The number of methoxy groups -OCH3 is 2. The van der Waals surface area contributed by atoms with Crippen molar-refractivity contribution in [2.45, 2.75) is 33.3 Å². The minimum atomic E-state index is -0.936. The Morgan fingerprint density at radius 3 is 2.10 bits per heavy atom. The summed E-state index contributed by atoms with van der Waals surface area (Å²) < 4.78 is 15.7. The van der Waals surface area contributed by atoms with E-state index in [-0.39, 0.29) is 24.0 Å². The van der Waals surface area contributed by atoms with Crippen LogP contribution in [0.3, 0.4) is 0 Å². The molecule has 0 fully saturated rings. The molecule has 30 heavy (non-hydrogen) atoms. The number of amides is 1. The van der Waals surface area contributed by atoms with Crippen LogP contribution in [-0.2, 0) is 20.7 Å². The summed E-state index contributed by atoms with van der Waals surface area (Å²) in [7, 11) is 3.05. The van der Waals surface area contributed by atoms with Gasteiger partial charge in [0.15, 0.2) is 17.6 Å². The first-order valence-corrected chi connectivity index (χ1v) is 9.60. The number of carbonyl (C=O) groups excluding carboxylic acids is 3. The molecule has 7 nitrogen and oxygen atoms in total. The first-order valence-electron chi connectivity index (χ1n) is 9.60. The van der Waals surface area contributed by atoms with Gasteiger partial charge in [-0.25, -0.2) is 0 Å². The highest BCUT2D eigenvalue weighted by Crippen LogP contribution is 2.27. The number of nitrogens with one attached hydrogen (secondary N) is 1.